The van der Waals surface area contributed by atoms with Crippen LogP contribution < -0.4 is 5.73 Å². The molecule has 0 amide bonds. The van der Waals surface area contributed by atoms with E-state index in [9.17, 15) is 0 Å². The van der Waals surface area contributed by atoms with E-state index in [1.165, 1.54) is 0 Å². The first-order valence-electron chi connectivity index (χ1n) is 3.56. The van der Waals surface area contributed by atoms with Crippen LogP contribution in [-0.4, -0.2) is 0 Å². The normalized spacial score (nSPS) is 12.3. The Balaban J connectivity index is 0.000001000. The van der Waals surface area contributed by atoms with Crippen LogP contribution in [0.2, 0.25) is 0 Å². The van der Waals surface area contributed by atoms with Crippen molar-refractivity contribution in [1.29, 1.82) is 0 Å². The van der Waals surface area contributed by atoms with Crippen molar-refractivity contribution in [3.63, 3.8) is 0 Å². The summed E-state index contributed by atoms with van der Waals surface area (Å²) in [6, 6.07) is 3.93. The Morgan fingerprint density at radius 3 is 2.55 bits per heavy atom. The molecule has 0 aromatic carbocycles. The second kappa shape index (κ2) is 4.42. The van der Waals surface area contributed by atoms with Crippen LogP contribution in [0.5, 0.6) is 0 Å². The molecule has 0 spiro atoms. The first-order chi connectivity index (χ1) is 4.74. The van der Waals surface area contributed by atoms with Crippen LogP contribution in [0.15, 0.2) is 16.5 Å². The summed E-state index contributed by atoms with van der Waals surface area (Å²) in [6.07, 6.45) is 0.924. The van der Waals surface area contributed by atoms with Crippen molar-refractivity contribution in [3.8, 4) is 0 Å². The first-order valence-corrected chi connectivity index (χ1v) is 3.56. The number of rotatable bonds is 2. The minimum absolute atomic E-state index is 0. The molecule has 1 rings (SSSR count). The Hall–Kier alpha value is -0.470. The van der Waals surface area contributed by atoms with Gasteiger partial charge in [-0.25, -0.2) is 0 Å². The fourth-order valence-electron chi connectivity index (χ4n) is 0.854. The molecular formula is C8H14ClNO. The van der Waals surface area contributed by atoms with Gasteiger partial charge in [0.25, 0.3) is 0 Å². The molecule has 1 aromatic rings. The third-order valence-electron chi connectivity index (χ3n) is 1.57. The standard InChI is InChI=1S/C8H13NO.ClH/c1-3-7(9)8-5-4-6(2)10-8;/h4-5,7H,3,9H2,1-2H3;1H. The lowest BCUT2D eigenvalue weighted by molar-refractivity contribution is 0.441. The van der Waals surface area contributed by atoms with E-state index in [-0.39, 0.29) is 18.4 Å². The highest BCUT2D eigenvalue weighted by atomic mass is 35.5. The van der Waals surface area contributed by atoms with Gasteiger partial charge in [0.1, 0.15) is 11.5 Å². The number of hydrogen-bond donors (Lipinski definition) is 1. The van der Waals surface area contributed by atoms with Crippen LogP contribution in [0.25, 0.3) is 0 Å². The average molecular weight is 176 g/mol. The van der Waals surface area contributed by atoms with E-state index in [4.69, 9.17) is 10.2 Å². The topological polar surface area (TPSA) is 39.2 Å². The summed E-state index contributed by atoms with van der Waals surface area (Å²) in [6.45, 7) is 3.97. The molecule has 64 valence electrons. The smallest absolute Gasteiger partial charge is 0.120 e. The van der Waals surface area contributed by atoms with Gasteiger partial charge in [-0.15, -0.1) is 12.4 Å². The molecule has 1 atom stereocenters. The molecule has 11 heavy (non-hydrogen) atoms. The summed E-state index contributed by atoms with van der Waals surface area (Å²) in [7, 11) is 0. The lowest BCUT2D eigenvalue weighted by atomic mass is 10.2. The Kier molecular flexibility index (Phi) is 4.23. The molecule has 1 heterocycles. The van der Waals surface area contributed by atoms with Crippen molar-refractivity contribution in [3.05, 3.63) is 23.7 Å². The predicted octanol–water partition coefficient (Wildman–Crippen LogP) is 2.42. The zero-order valence-corrected chi connectivity index (χ0v) is 7.65. The molecule has 0 saturated heterocycles. The van der Waals surface area contributed by atoms with E-state index in [0.717, 1.165) is 17.9 Å². The zero-order chi connectivity index (χ0) is 7.56. The van der Waals surface area contributed by atoms with Gasteiger partial charge in [-0.1, -0.05) is 6.92 Å². The van der Waals surface area contributed by atoms with Crippen molar-refractivity contribution in [2.75, 3.05) is 0 Å². The molecule has 0 saturated carbocycles. The molecule has 1 aromatic heterocycles. The largest absolute Gasteiger partial charge is 0.465 e. The van der Waals surface area contributed by atoms with Gasteiger partial charge >= 0.3 is 0 Å². The molecule has 0 bridgehead atoms. The summed E-state index contributed by atoms with van der Waals surface area (Å²) < 4.78 is 5.31. The molecule has 1 unspecified atom stereocenters. The van der Waals surface area contributed by atoms with E-state index in [1.54, 1.807) is 0 Å². The number of aryl methyl sites for hydroxylation is 1. The van der Waals surface area contributed by atoms with Gasteiger partial charge in [0.15, 0.2) is 0 Å². The second-order valence-electron chi connectivity index (χ2n) is 2.46. The van der Waals surface area contributed by atoms with E-state index in [0.29, 0.717) is 0 Å². The molecule has 2 nitrogen and oxygen atoms in total. The minimum atomic E-state index is 0. The predicted molar refractivity (Wildman–Crippen MR) is 47.9 cm³/mol. The lowest BCUT2D eigenvalue weighted by Gasteiger charge is -2.02. The quantitative estimate of drug-likeness (QED) is 0.750. The summed E-state index contributed by atoms with van der Waals surface area (Å²) in [5.41, 5.74) is 5.71. The Morgan fingerprint density at radius 1 is 1.55 bits per heavy atom. The summed E-state index contributed by atoms with van der Waals surface area (Å²) in [5.74, 6) is 1.82. The SMILES string of the molecule is CCC(N)c1ccc(C)o1.Cl. The zero-order valence-electron chi connectivity index (χ0n) is 6.83. The highest BCUT2D eigenvalue weighted by molar-refractivity contribution is 5.85. The molecule has 0 fully saturated rings. The van der Waals surface area contributed by atoms with E-state index in [1.807, 2.05) is 26.0 Å². The van der Waals surface area contributed by atoms with Crippen molar-refractivity contribution >= 4 is 12.4 Å². The number of hydrogen-bond acceptors (Lipinski definition) is 2. The van der Waals surface area contributed by atoms with Gasteiger partial charge in [-0.05, 0) is 25.5 Å². The maximum Gasteiger partial charge on any atom is 0.120 e. The maximum absolute atomic E-state index is 5.71. The summed E-state index contributed by atoms with van der Waals surface area (Å²) in [5, 5.41) is 0. The van der Waals surface area contributed by atoms with Crippen LogP contribution in [0.1, 0.15) is 30.9 Å². The van der Waals surface area contributed by atoms with Crippen LogP contribution in [0.3, 0.4) is 0 Å². The minimum Gasteiger partial charge on any atom is -0.465 e. The maximum atomic E-state index is 5.71. The Bertz CT molecular complexity index is 210. The third kappa shape index (κ3) is 2.56. The third-order valence-corrected chi connectivity index (χ3v) is 1.57. The molecule has 3 heteroatoms. The molecule has 2 N–H and O–H groups in total. The van der Waals surface area contributed by atoms with Gasteiger partial charge in [0.2, 0.25) is 0 Å². The summed E-state index contributed by atoms with van der Waals surface area (Å²) >= 11 is 0. The van der Waals surface area contributed by atoms with Crippen molar-refractivity contribution < 1.29 is 4.42 Å². The highest BCUT2D eigenvalue weighted by Crippen LogP contribution is 2.15. The number of halogens is 1. The number of nitrogens with two attached hydrogens (primary N) is 1. The van der Waals surface area contributed by atoms with Crippen LogP contribution in [-0.2, 0) is 0 Å². The lowest BCUT2D eigenvalue weighted by Crippen LogP contribution is -2.06. The average Bonchev–Trinajstić information content (AvgIpc) is 2.34. The van der Waals surface area contributed by atoms with Crippen LogP contribution in [0, 0.1) is 6.92 Å². The van der Waals surface area contributed by atoms with Gasteiger partial charge in [0.05, 0.1) is 6.04 Å². The van der Waals surface area contributed by atoms with E-state index >= 15 is 0 Å². The van der Waals surface area contributed by atoms with E-state index in [2.05, 4.69) is 0 Å². The van der Waals surface area contributed by atoms with Crippen molar-refractivity contribution in [2.24, 2.45) is 5.73 Å². The van der Waals surface area contributed by atoms with Crippen LogP contribution in [0.4, 0.5) is 0 Å². The first kappa shape index (κ1) is 10.5. The van der Waals surface area contributed by atoms with Crippen molar-refractivity contribution in [2.45, 2.75) is 26.3 Å². The van der Waals surface area contributed by atoms with Gasteiger partial charge in [-0.3, -0.25) is 0 Å². The van der Waals surface area contributed by atoms with Gasteiger partial charge in [0, 0.05) is 0 Å². The molecule has 0 aliphatic heterocycles. The number of furan rings is 1. The van der Waals surface area contributed by atoms with Gasteiger partial charge < -0.3 is 10.2 Å². The fraction of sp³-hybridized carbons (Fsp3) is 0.500. The highest BCUT2D eigenvalue weighted by Gasteiger charge is 2.05. The monoisotopic (exact) mass is 175 g/mol. The summed E-state index contributed by atoms with van der Waals surface area (Å²) in [4.78, 5) is 0. The fourth-order valence-corrected chi connectivity index (χ4v) is 0.854. The molecule has 0 aliphatic carbocycles. The van der Waals surface area contributed by atoms with E-state index < -0.39 is 0 Å². The molecule has 0 radical (unpaired) electrons. The second-order valence-corrected chi connectivity index (χ2v) is 2.46. The molecular weight excluding hydrogens is 162 g/mol. The Morgan fingerprint density at radius 2 is 2.18 bits per heavy atom. The molecule has 0 aliphatic rings. The Labute approximate surface area is 73.2 Å². The van der Waals surface area contributed by atoms with Crippen LogP contribution >= 0.6 is 12.4 Å². The van der Waals surface area contributed by atoms with Gasteiger partial charge in [-0.2, -0.15) is 0 Å². The van der Waals surface area contributed by atoms with Crippen molar-refractivity contribution in [1.82, 2.24) is 0 Å².